The minimum atomic E-state index is -5.53. The first-order chi connectivity index (χ1) is 17.7. The highest BCUT2D eigenvalue weighted by atomic mass is 19.4. The van der Waals surface area contributed by atoms with Crippen LogP contribution in [0.25, 0.3) is 0 Å². The summed E-state index contributed by atoms with van der Waals surface area (Å²) in [7, 11) is 0. The zero-order valence-electron chi connectivity index (χ0n) is 21.1. The van der Waals surface area contributed by atoms with E-state index < -0.39 is 76.4 Å². The summed E-state index contributed by atoms with van der Waals surface area (Å²) >= 11 is 0. The van der Waals surface area contributed by atoms with Crippen LogP contribution in [0.1, 0.15) is 57.2 Å². The summed E-state index contributed by atoms with van der Waals surface area (Å²) in [5.74, 6) is -8.44. The highest BCUT2D eigenvalue weighted by Gasteiger charge is 2.71. The Hall–Kier alpha value is -3.83. The van der Waals surface area contributed by atoms with E-state index in [4.69, 9.17) is 4.74 Å². The topological polar surface area (TPSA) is 147 Å². The molecule has 1 aromatic carbocycles. The highest BCUT2D eigenvalue weighted by molar-refractivity contribution is 6.09. The quantitative estimate of drug-likeness (QED) is 0.408. The predicted molar refractivity (Wildman–Crippen MR) is 124 cm³/mol. The van der Waals surface area contributed by atoms with Gasteiger partial charge in [-0.05, 0) is 48.4 Å². The molecule has 0 radical (unpaired) electrons. The molecule has 1 heterocycles. The van der Waals surface area contributed by atoms with E-state index >= 15 is 0 Å². The number of fused-ring (bicyclic) bond motifs is 2. The number of carbonyl (C=O) groups excluding carboxylic acids is 1. The lowest BCUT2D eigenvalue weighted by Gasteiger charge is -2.49. The third-order valence-corrected chi connectivity index (χ3v) is 7.53. The van der Waals surface area contributed by atoms with Crippen molar-refractivity contribution in [3.8, 4) is 5.75 Å². The van der Waals surface area contributed by atoms with Gasteiger partial charge in [0.1, 0.15) is 22.3 Å². The standard InChI is InChI=1S/C26H27F3O9/c1-5-12-9-14-10-15-17(21(32)38-26(27,28)29)24(7-3,22(33)34)25(8-4,23(35)36)18(20(30)31)19(15)37-16(14)11-13(12)6-2/h9,11H,5-8,10H2,1-4H3,(H,30,31)(H,33,34)(H,35,36). The van der Waals surface area contributed by atoms with Crippen LogP contribution >= 0.6 is 0 Å². The number of hydrogen-bond acceptors (Lipinski definition) is 6. The van der Waals surface area contributed by atoms with Crippen molar-refractivity contribution in [2.45, 2.75) is 66.2 Å². The van der Waals surface area contributed by atoms with E-state index in [0.717, 1.165) is 18.1 Å². The minimum Gasteiger partial charge on any atom is -0.481 e. The summed E-state index contributed by atoms with van der Waals surface area (Å²) in [5.41, 5.74) is -6.26. The van der Waals surface area contributed by atoms with Crippen molar-refractivity contribution in [3.63, 3.8) is 0 Å². The number of halogens is 3. The second-order valence-electron chi connectivity index (χ2n) is 9.04. The lowest BCUT2D eigenvalue weighted by molar-refractivity contribution is -0.304. The van der Waals surface area contributed by atoms with Crippen molar-refractivity contribution >= 4 is 23.9 Å². The van der Waals surface area contributed by atoms with E-state index in [1.165, 1.54) is 6.92 Å². The maximum Gasteiger partial charge on any atom is 0.575 e. The van der Waals surface area contributed by atoms with E-state index in [-0.39, 0.29) is 12.2 Å². The molecule has 0 saturated heterocycles. The summed E-state index contributed by atoms with van der Waals surface area (Å²) < 4.78 is 49.2. The number of carboxylic acid groups (broad SMARTS) is 3. The molecular formula is C26H27F3O9. The smallest absolute Gasteiger partial charge is 0.481 e. The van der Waals surface area contributed by atoms with Gasteiger partial charge in [-0.25, -0.2) is 9.59 Å². The third kappa shape index (κ3) is 4.02. The summed E-state index contributed by atoms with van der Waals surface area (Å²) in [6.07, 6.45) is -6.20. The molecule has 3 N–H and O–H groups in total. The number of aryl methyl sites for hydroxylation is 2. The summed E-state index contributed by atoms with van der Waals surface area (Å²) in [5, 5.41) is 31.0. The first-order valence-electron chi connectivity index (χ1n) is 12.0. The van der Waals surface area contributed by atoms with Crippen LogP contribution in [0.15, 0.2) is 34.6 Å². The van der Waals surface area contributed by atoms with Crippen molar-refractivity contribution in [1.82, 2.24) is 0 Å². The van der Waals surface area contributed by atoms with Crippen LogP contribution in [0, 0.1) is 10.8 Å². The number of hydrogen-bond donors (Lipinski definition) is 3. The first-order valence-corrected chi connectivity index (χ1v) is 12.0. The number of benzene rings is 1. The highest BCUT2D eigenvalue weighted by Crippen LogP contribution is 2.62. The first kappa shape index (κ1) is 28.7. The molecule has 2 aliphatic rings. The SMILES string of the molecule is CCc1cc2c(cc1CC)OC1=C(C(=O)O)C(CC)(C(=O)O)C(CC)(C(=O)O)C(C(=O)OC(F)(F)F)=C1C2. The summed E-state index contributed by atoms with van der Waals surface area (Å²) in [4.78, 5) is 51.5. The number of carbonyl (C=O) groups is 4. The van der Waals surface area contributed by atoms with E-state index in [1.807, 2.05) is 13.8 Å². The lowest BCUT2D eigenvalue weighted by Crippen LogP contribution is -2.60. The average molecular weight is 540 g/mol. The van der Waals surface area contributed by atoms with Crippen molar-refractivity contribution in [2.24, 2.45) is 10.8 Å². The molecule has 0 spiro atoms. The van der Waals surface area contributed by atoms with Crippen molar-refractivity contribution in [2.75, 3.05) is 0 Å². The predicted octanol–water partition coefficient (Wildman–Crippen LogP) is 4.42. The van der Waals surface area contributed by atoms with Gasteiger partial charge < -0.3 is 24.8 Å². The Morgan fingerprint density at radius 3 is 1.82 bits per heavy atom. The normalized spacial score (nSPS) is 22.8. The van der Waals surface area contributed by atoms with Crippen molar-refractivity contribution in [3.05, 3.63) is 51.3 Å². The van der Waals surface area contributed by atoms with E-state index in [1.54, 1.807) is 12.1 Å². The molecule has 9 nitrogen and oxygen atoms in total. The Bertz CT molecular complexity index is 1290. The number of aliphatic carboxylic acids is 3. The zero-order chi connectivity index (χ0) is 28.8. The molecule has 0 fully saturated rings. The molecule has 0 aromatic heterocycles. The van der Waals surface area contributed by atoms with Gasteiger partial charge in [0.05, 0.1) is 11.1 Å². The van der Waals surface area contributed by atoms with E-state index in [2.05, 4.69) is 4.74 Å². The molecule has 3 rings (SSSR count). The third-order valence-electron chi connectivity index (χ3n) is 7.53. The molecule has 12 heteroatoms. The van der Waals surface area contributed by atoms with Crippen LogP contribution < -0.4 is 4.74 Å². The molecule has 1 aliphatic heterocycles. The van der Waals surface area contributed by atoms with Gasteiger partial charge in [-0.15, -0.1) is 13.2 Å². The second kappa shape index (κ2) is 9.80. The van der Waals surface area contributed by atoms with Gasteiger partial charge in [0.15, 0.2) is 0 Å². The summed E-state index contributed by atoms with van der Waals surface area (Å²) in [6, 6.07) is 3.32. The van der Waals surface area contributed by atoms with Crippen LogP contribution in [0.4, 0.5) is 13.2 Å². The van der Waals surface area contributed by atoms with Crippen LogP contribution in [-0.2, 0) is 43.2 Å². The van der Waals surface area contributed by atoms with Gasteiger partial charge in [0, 0.05) is 12.0 Å². The van der Waals surface area contributed by atoms with Gasteiger partial charge in [0.25, 0.3) is 0 Å². The molecule has 0 saturated carbocycles. The lowest BCUT2D eigenvalue weighted by atomic mass is 9.50. The molecule has 206 valence electrons. The van der Waals surface area contributed by atoms with Crippen LogP contribution in [-0.4, -0.2) is 45.6 Å². The number of alkyl halides is 3. The van der Waals surface area contributed by atoms with Gasteiger partial charge in [-0.3, -0.25) is 9.59 Å². The van der Waals surface area contributed by atoms with E-state index in [0.29, 0.717) is 18.4 Å². The maximum absolute atomic E-state index is 13.2. The van der Waals surface area contributed by atoms with Crippen molar-refractivity contribution < 1.29 is 57.1 Å². The second-order valence-corrected chi connectivity index (χ2v) is 9.04. The Kier molecular flexibility index (Phi) is 7.41. The monoisotopic (exact) mass is 540 g/mol. The van der Waals surface area contributed by atoms with E-state index in [9.17, 15) is 47.7 Å². The molecule has 38 heavy (non-hydrogen) atoms. The fourth-order valence-electron chi connectivity index (χ4n) is 5.91. The number of allylic oxidation sites excluding steroid dienone is 1. The summed E-state index contributed by atoms with van der Waals surface area (Å²) in [6.45, 7) is 6.09. The van der Waals surface area contributed by atoms with Crippen LogP contribution in [0.3, 0.4) is 0 Å². The number of rotatable bonds is 8. The fraction of sp³-hybridized carbons (Fsp3) is 0.462. The maximum atomic E-state index is 13.2. The Balaban J connectivity index is 2.59. The Morgan fingerprint density at radius 2 is 1.39 bits per heavy atom. The molecule has 1 aromatic rings. The molecular weight excluding hydrogens is 513 g/mol. The van der Waals surface area contributed by atoms with Gasteiger partial charge in [-0.2, -0.15) is 0 Å². The zero-order valence-corrected chi connectivity index (χ0v) is 21.1. The van der Waals surface area contributed by atoms with Crippen LogP contribution in [0.5, 0.6) is 5.75 Å². The Labute approximate surface area is 215 Å². The van der Waals surface area contributed by atoms with Crippen molar-refractivity contribution in [1.29, 1.82) is 0 Å². The Morgan fingerprint density at radius 1 is 0.895 bits per heavy atom. The number of ether oxygens (including phenoxy) is 2. The molecule has 1 aliphatic carbocycles. The average Bonchev–Trinajstić information content (AvgIpc) is 2.82. The minimum absolute atomic E-state index is 0.134. The molecule has 0 bridgehead atoms. The van der Waals surface area contributed by atoms with Gasteiger partial charge in [-0.1, -0.05) is 33.8 Å². The molecule has 0 amide bonds. The molecule has 2 atom stereocenters. The fourth-order valence-corrected chi connectivity index (χ4v) is 5.91. The number of esters is 1. The van der Waals surface area contributed by atoms with Gasteiger partial charge in [0.2, 0.25) is 0 Å². The van der Waals surface area contributed by atoms with Crippen LogP contribution in [0.2, 0.25) is 0 Å². The number of carboxylic acids is 3. The van der Waals surface area contributed by atoms with Gasteiger partial charge >= 0.3 is 30.2 Å². The largest absolute Gasteiger partial charge is 0.575 e. The molecule has 2 unspecified atom stereocenters.